The minimum Gasteiger partial charge on any atom is -0.497 e. The molecule has 0 aliphatic heterocycles. The molecule has 96 valence electrons. The van der Waals surface area contributed by atoms with E-state index in [0.717, 1.165) is 12.8 Å². The van der Waals surface area contributed by atoms with Crippen LogP contribution in [0.5, 0.6) is 5.75 Å². The highest BCUT2D eigenvalue weighted by atomic mass is 16.5. The lowest BCUT2D eigenvalue weighted by Gasteiger charge is -2.07. The molecule has 0 saturated heterocycles. The second-order valence-corrected chi connectivity index (χ2v) is 4.30. The molecular weight excluding hydrogens is 232 g/mol. The van der Waals surface area contributed by atoms with Gasteiger partial charge in [0.05, 0.1) is 7.11 Å². The van der Waals surface area contributed by atoms with Crippen molar-refractivity contribution < 1.29 is 14.3 Å². The van der Waals surface area contributed by atoms with Crippen molar-refractivity contribution in [2.45, 2.75) is 25.3 Å². The van der Waals surface area contributed by atoms with E-state index >= 15 is 0 Å². The predicted molar refractivity (Wildman–Crippen MR) is 67.4 cm³/mol. The normalized spacial score (nSPS) is 13.8. The van der Waals surface area contributed by atoms with Gasteiger partial charge in [-0.25, -0.2) is 0 Å². The van der Waals surface area contributed by atoms with Crippen molar-refractivity contribution in [3.05, 3.63) is 24.3 Å². The van der Waals surface area contributed by atoms with Gasteiger partial charge in [0.1, 0.15) is 12.2 Å². The Hall–Kier alpha value is -2.04. The number of carbonyl (C=O) groups is 2. The van der Waals surface area contributed by atoms with E-state index in [9.17, 15) is 9.59 Å². The first-order chi connectivity index (χ1) is 8.67. The van der Waals surface area contributed by atoms with Crippen molar-refractivity contribution in [3.8, 4) is 5.75 Å². The van der Waals surface area contributed by atoms with Crippen molar-refractivity contribution in [3.63, 3.8) is 0 Å². The van der Waals surface area contributed by atoms with E-state index in [4.69, 9.17) is 4.74 Å². The fraction of sp³-hybridized carbons (Fsp3) is 0.385. The van der Waals surface area contributed by atoms with E-state index in [1.54, 1.807) is 31.4 Å². The molecule has 1 aliphatic rings. The van der Waals surface area contributed by atoms with E-state index in [1.165, 1.54) is 0 Å². The van der Waals surface area contributed by atoms with Gasteiger partial charge in [-0.15, -0.1) is 0 Å². The van der Waals surface area contributed by atoms with Gasteiger partial charge in [-0.3, -0.25) is 9.59 Å². The SMILES string of the molecule is COc1cccc(NC(=O)CC(=O)NC2CC2)c1. The third-order valence-corrected chi connectivity index (χ3v) is 2.62. The van der Waals surface area contributed by atoms with E-state index in [0.29, 0.717) is 11.4 Å². The topological polar surface area (TPSA) is 67.4 Å². The highest BCUT2D eigenvalue weighted by molar-refractivity contribution is 6.03. The van der Waals surface area contributed by atoms with Gasteiger partial charge in [-0.1, -0.05) is 6.07 Å². The largest absolute Gasteiger partial charge is 0.497 e. The van der Waals surface area contributed by atoms with Crippen LogP contribution in [0, 0.1) is 0 Å². The molecular formula is C13H16N2O3. The van der Waals surface area contributed by atoms with E-state index in [-0.39, 0.29) is 24.3 Å². The molecule has 1 aliphatic carbocycles. The van der Waals surface area contributed by atoms with Crippen LogP contribution in [-0.4, -0.2) is 25.0 Å². The van der Waals surface area contributed by atoms with Gasteiger partial charge in [0.25, 0.3) is 0 Å². The number of anilines is 1. The number of methoxy groups -OCH3 is 1. The number of nitrogens with one attached hydrogen (secondary N) is 2. The average Bonchev–Trinajstić information content (AvgIpc) is 3.12. The van der Waals surface area contributed by atoms with Crippen LogP contribution < -0.4 is 15.4 Å². The summed E-state index contributed by atoms with van der Waals surface area (Å²) in [7, 11) is 1.56. The molecule has 1 aromatic carbocycles. The summed E-state index contributed by atoms with van der Waals surface area (Å²) in [5.41, 5.74) is 0.624. The maximum atomic E-state index is 11.6. The van der Waals surface area contributed by atoms with Crippen molar-refractivity contribution in [1.82, 2.24) is 5.32 Å². The summed E-state index contributed by atoms with van der Waals surface area (Å²) in [6.45, 7) is 0. The zero-order valence-electron chi connectivity index (χ0n) is 10.2. The van der Waals surface area contributed by atoms with E-state index < -0.39 is 0 Å². The van der Waals surface area contributed by atoms with E-state index in [1.807, 2.05) is 0 Å². The monoisotopic (exact) mass is 248 g/mol. The molecule has 1 saturated carbocycles. The molecule has 1 aromatic rings. The molecule has 0 unspecified atom stereocenters. The molecule has 0 aromatic heterocycles. The number of amides is 2. The van der Waals surface area contributed by atoms with E-state index in [2.05, 4.69) is 10.6 Å². The number of benzene rings is 1. The molecule has 0 spiro atoms. The molecule has 18 heavy (non-hydrogen) atoms. The Morgan fingerprint density at radius 2 is 2.11 bits per heavy atom. The Morgan fingerprint density at radius 3 is 2.78 bits per heavy atom. The first-order valence-electron chi connectivity index (χ1n) is 5.90. The van der Waals surface area contributed by atoms with Crippen LogP contribution in [-0.2, 0) is 9.59 Å². The summed E-state index contributed by atoms with van der Waals surface area (Å²) in [6.07, 6.45) is 1.89. The predicted octanol–water partition coefficient (Wildman–Crippen LogP) is 1.30. The van der Waals surface area contributed by atoms with Crippen molar-refractivity contribution >= 4 is 17.5 Å². The van der Waals surface area contributed by atoms with Crippen LogP contribution in [0.3, 0.4) is 0 Å². The summed E-state index contributed by atoms with van der Waals surface area (Å²) in [5, 5.41) is 5.43. The quantitative estimate of drug-likeness (QED) is 0.772. The first kappa shape index (κ1) is 12.4. The zero-order valence-corrected chi connectivity index (χ0v) is 10.2. The zero-order chi connectivity index (χ0) is 13.0. The Labute approximate surface area is 106 Å². The van der Waals surface area contributed by atoms with Gasteiger partial charge >= 0.3 is 0 Å². The minimum absolute atomic E-state index is 0.145. The summed E-state index contributed by atoms with van der Waals surface area (Å²) in [5.74, 6) is 0.120. The fourth-order valence-corrected chi connectivity index (χ4v) is 1.56. The molecule has 5 heteroatoms. The van der Waals surface area contributed by atoms with Crippen LogP contribution in [0.4, 0.5) is 5.69 Å². The van der Waals surface area contributed by atoms with Crippen LogP contribution in [0.2, 0.25) is 0 Å². The second kappa shape index (κ2) is 5.53. The molecule has 5 nitrogen and oxygen atoms in total. The van der Waals surface area contributed by atoms with Gasteiger partial charge in [0.2, 0.25) is 11.8 Å². The lowest BCUT2D eigenvalue weighted by atomic mass is 10.3. The summed E-state index contributed by atoms with van der Waals surface area (Å²) < 4.78 is 5.05. The molecule has 2 N–H and O–H groups in total. The summed E-state index contributed by atoms with van der Waals surface area (Å²) >= 11 is 0. The maximum Gasteiger partial charge on any atom is 0.233 e. The fourth-order valence-electron chi connectivity index (χ4n) is 1.56. The number of hydrogen-bond donors (Lipinski definition) is 2. The molecule has 0 bridgehead atoms. The van der Waals surface area contributed by atoms with Crippen molar-refractivity contribution in [1.29, 1.82) is 0 Å². The molecule has 2 amide bonds. The van der Waals surface area contributed by atoms with Crippen molar-refractivity contribution in [2.24, 2.45) is 0 Å². The Bertz CT molecular complexity index is 455. The molecule has 2 rings (SSSR count). The van der Waals surface area contributed by atoms with Crippen LogP contribution in [0.1, 0.15) is 19.3 Å². The maximum absolute atomic E-state index is 11.6. The Kier molecular flexibility index (Phi) is 3.82. The number of ether oxygens (including phenoxy) is 1. The third kappa shape index (κ3) is 3.76. The summed E-state index contributed by atoms with van der Waals surface area (Å²) in [6, 6.07) is 7.30. The van der Waals surface area contributed by atoms with Crippen LogP contribution in [0.15, 0.2) is 24.3 Å². The highest BCUT2D eigenvalue weighted by Gasteiger charge is 2.24. The van der Waals surface area contributed by atoms with Crippen LogP contribution in [0.25, 0.3) is 0 Å². The van der Waals surface area contributed by atoms with Gasteiger partial charge in [0, 0.05) is 17.8 Å². The smallest absolute Gasteiger partial charge is 0.233 e. The minimum atomic E-state index is -0.318. The Balaban J connectivity index is 1.83. The molecule has 0 radical (unpaired) electrons. The van der Waals surface area contributed by atoms with Gasteiger partial charge in [-0.05, 0) is 25.0 Å². The number of rotatable bonds is 5. The lowest BCUT2D eigenvalue weighted by Crippen LogP contribution is -2.29. The van der Waals surface area contributed by atoms with Gasteiger partial charge in [-0.2, -0.15) is 0 Å². The lowest BCUT2D eigenvalue weighted by molar-refractivity contribution is -0.126. The molecule has 1 fully saturated rings. The highest BCUT2D eigenvalue weighted by Crippen LogP contribution is 2.19. The number of carbonyl (C=O) groups excluding carboxylic acids is 2. The van der Waals surface area contributed by atoms with Gasteiger partial charge in [0.15, 0.2) is 0 Å². The summed E-state index contributed by atoms with van der Waals surface area (Å²) in [4.78, 5) is 23.0. The molecule has 0 atom stereocenters. The van der Waals surface area contributed by atoms with Crippen LogP contribution >= 0.6 is 0 Å². The molecule has 0 heterocycles. The first-order valence-corrected chi connectivity index (χ1v) is 5.90. The second-order valence-electron chi connectivity index (χ2n) is 4.30. The van der Waals surface area contributed by atoms with Crippen molar-refractivity contribution in [2.75, 3.05) is 12.4 Å². The third-order valence-electron chi connectivity index (χ3n) is 2.62. The standard InChI is InChI=1S/C13H16N2O3/c1-18-11-4-2-3-10(7-11)15-13(17)8-12(16)14-9-5-6-9/h2-4,7,9H,5-6,8H2,1H3,(H,14,16)(H,15,17). The average molecular weight is 248 g/mol. The Morgan fingerprint density at radius 1 is 1.33 bits per heavy atom. The van der Waals surface area contributed by atoms with Gasteiger partial charge < -0.3 is 15.4 Å². The number of hydrogen-bond acceptors (Lipinski definition) is 3.